The van der Waals surface area contributed by atoms with E-state index in [0.717, 1.165) is 19.3 Å². The summed E-state index contributed by atoms with van der Waals surface area (Å²) in [6.45, 7) is 19.7. The van der Waals surface area contributed by atoms with Crippen molar-refractivity contribution in [2.75, 3.05) is 0 Å². The maximum atomic E-state index is 7.16. The summed E-state index contributed by atoms with van der Waals surface area (Å²) in [6, 6.07) is 10.4. The molecule has 0 aliphatic heterocycles. The fourth-order valence-electron chi connectivity index (χ4n) is 8.59. The van der Waals surface area contributed by atoms with Crippen molar-refractivity contribution >= 4 is 22.3 Å². The Balaban J connectivity index is 1.42. The van der Waals surface area contributed by atoms with Gasteiger partial charge in [-0.3, -0.25) is 0 Å². The summed E-state index contributed by atoms with van der Waals surface area (Å²) in [4.78, 5) is 5.98. The monoisotopic (exact) mass is 553 g/mol. The summed E-state index contributed by atoms with van der Waals surface area (Å²) in [5, 5.41) is 4.83. The Bertz CT molecular complexity index is 1060. The van der Waals surface area contributed by atoms with Crippen LogP contribution in [0.25, 0.3) is 0 Å². The van der Waals surface area contributed by atoms with E-state index in [1.807, 2.05) is 6.07 Å². The molecule has 7 atom stereocenters. The second-order valence-electron chi connectivity index (χ2n) is 15.0. The average Bonchev–Trinajstić information content (AvgIpc) is 3.13. The van der Waals surface area contributed by atoms with Crippen molar-refractivity contribution in [3.8, 4) is 0 Å². The topological polar surface area (TPSA) is 40.0 Å². The number of fused-ring (bicyclic) bond motifs is 5. The van der Waals surface area contributed by atoms with Crippen LogP contribution in [0.5, 0.6) is 0 Å². The fourth-order valence-corrected chi connectivity index (χ4v) is 10.9. The second kappa shape index (κ2) is 10.3. The van der Waals surface area contributed by atoms with Gasteiger partial charge in [0.1, 0.15) is 6.61 Å². The lowest BCUT2D eigenvalue weighted by molar-refractivity contribution is -0.0944. The zero-order valence-electron chi connectivity index (χ0n) is 25.2. The van der Waals surface area contributed by atoms with Crippen molar-refractivity contribution in [1.29, 1.82) is 0 Å². The first kappa shape index (κ1) is 28.3. The van der Waals surface area contributed by atoms with Crippen molar-refractivity contribution in [1.82, 2.24) is 0 Å². The Labute approximate surface area is 233 Å². The molecule has 0 heterocycles. The van der Waals surface area contributed by atoms with Gasteiger partial charge in [0.25, 0.3) is 0 Å². The molecule has 4 nitrogen and oxygen atoms in total. The van der Waals surface area contributed by atoms with Gasteiger partial charge in [0.05, 0.1) is 5.71 Å². The molecule has 210 valence electrons. The largest absolute Gasteiger partial charge is 0.414 e. The van der Waals surface area contributed by atoms with E-state index < -0.39 is 16.6 Å². The number of allylic oxidation sites excluding steroid dienone is 1. The van der Waals surface area contributed by atoms with Gasteiger partial charge in [-0.2, -0.15) is 0 Å². The van der Waals surface area contributed by atoms with Crippen LogP contribution in [-0.2, 0) is 20.3 Å². The predicted molar refractivity (Wildman–Crippen MR) is 162 cm³/mol. The summed E-state index contributed by atoms with van der Waals surface area (Å²) in [5.41, 5.74) is 4.39. The molecule has 3 saturated carbocycles. The van der Waals surface area contributed by atoms with Crippen LogP contribution in [0.1, 0.15) is 64.4 Å². The molecule has 0 spiro atoms. The SMILES string of the molecule is C[C@]12CCC(O[Si](C)(C)C)CC1=CC[C@@H]1[C@@H]2C(O[Si](C)(C)C)C[C@]2(C)/C(=N/OCc3ccccc3)CC[C@@H]12. The summed E-state index contributed by atoms with van der Waals surface area (Å²) < 4.78 is 13.8. The first-order chi connectivity index (χ1) is 17.8. The van der Waals surface area contributed by atoms with E-state index in [1.54, 1.807) is 5.57 Å². The quantitative estimate of drug-likeness (QED) is 0.193. The number of oxime groups is 1. The molecule has 6 heteroatoms. The highest BCUT2D eigenvalue weighted by molar-refractivity contribution is 6.70. The number of benzene rings is 1. The maximum absolute atomic E-state index is 7.16. The molecule has 0 saturated heterocycles. The fraction of sp³-hybridized carbons (Fsp3) is 0.719. The van der Waals surface area contributed by atoms with Crippen molar-refractivity contribution in [2.45, 2.75) is 117 Å². The number of hydrogen-bond donors (Lipinski definition) is 0. The van der Waals surface area contributed by atoms with Gasteiger partial charge >= 0.3 is 0 Å². The van der Waals surface area contributed by atoms with E-state index in [-0.39, 0.29) is 16.9 Å². The van der Waals surface area contributed by atoms with E-state index >= 15 is 0 Å². The molecule has 3 fully saturated rings. The van der Waals surface area contributed by atoms with E-state index in [9.17, 15) is 0 Å². The van der Waals surface area contributed by atoms with E-state index in [2.05, 4.69) is 83.5 Å². The highest BCUT2D eigenvalue weighted by atomic mass is 28.4. The van der Waals surface area contributed by atoms with Crippen LogP contribution in [0.3, 0.4) is 0 Å². The third-order valence-corrected chi connectivity index (χ3v) is 12.0. The predicted octanol–water partition coefficient (Wildman–Crippen LogP) is 8.57. The molecule has 4 aliphatic carbocycles. The van der Waals surface area contributed by atoms with Crippen LogP contribution < -0.4 is 0 Å². The second-order valence-corrected chi connectivity index (χ2v) is 23.9. The normalized spacial score (nSPS) is 38.3. The Morgan fingerprint density at radius 1 is 0.921 bits per heavy atom. The van der Waals surface area contributed by atoms with Crippen LogP contribution in [0.15, 0.2) is 47.1 Å². The molecule has 38 heavy (non-hydrogen) atoms. The number of nitrogens with zero attached hydrogens (tertiary/aromatic N) is 1. The van der Waals surface area contributed by atoms with E-state index in [4.69, 9.17) is 18.8 Å². The molecule has 0 N–H and O–H groups in total. The molecule has 0 bridgehead atoms. The average molecular weight is 554 g/mol. The van der Waals surface area contributed by atoms with Gasteiger partial charge in [-0.1, -0.05) is 61.0 Å². The Morgan fingerprint density at radius 2 is 1.63 bits per heavy atom. The molecule has 0 aromatic heterocycles. The van der Waals surface area contributed by atoms with Crippen LogP contribution in [-0.4, -0.2) is 34.6 Å². The van der Waals surface area contributed by atoms with Gasteiger partial charge in [-0.15, -0.1) is 0 Å². The van der Waals surface area contributed by atoms with Crippen molar-refractivity contribution in [3.05, 3.63) is 47.5 Å². The van der Waals surface area contributed by atoms with Crippen LogP contribution in [0.4, 0.5) is 0 Å². The molecule has 0 radical (unpaired) electrons. The Hall–Kier alpha value is -1.22. The van der Waals surface area contributed by atoms with Crippen molar-refractivity contribution in [2.24, 2.45) is 33.7 Å². The smallest absolute Gasteiger partial charge is 0.184 e. The minimum absolute atomic E-state index is 0.0576. The minimum Gasteiger partial charge on any atom is -0.414 e. The highest BCUT2D eigenvalue weighted by Gasteiger charge is 2.62. The number of hydrogen-bond acceptors (Lipinski definition) is 4. The van der Waals surface area contributed by atoms with Crippen molar-refractivity contribution < 1.29 is 13.7 Å². The molecular formula is C32H51NO3Si2. The van der Waals surface area contributed by atoms with Crippen molar-refractivity contribution in [3.63, 3.8) is 0 Å². The van der Waals surface area contributed by atoms with Gasteiger partial charge in [-0.25, -0.2) is 0 Å². The standard InChI is InChI=1S/C32H51NO3Si2/c1-31-19-18-25(35-37(3,4)5)20-24(31)14-15-26-27-16-17-29(33-34-22-23-12-10-9-11-13-23)32(27,2)21-28(30(26)31)36-38(6,7)8/h9-14,25-28,30H,15-22H2,1-8H3/b33-29+/t25?,26-,27-,28?,30+,31-,32-/m0/s1. The number of rotatable bonds is 7. The van der Waals surface area contributed by atoms with Gasteiger partial charge in [0.2, 0.25) is 0 Å². The molecule has 0 amide bonds. The third-order valence-electron chi connectivity index (χ3n) is 9.99. The summed E-state index contributed by atoms with van der Waals surface area (Å²) in [5.74, 6) is 1.89. The molecular weight excluding hydrogens is 503 g/mol. The Morgan fingerprint density at radius 3 is 2.32 bits per heavy atom. The third kappa shape index (κ3) is 5.66. The van der Waals surface area contributed by atoms with Crippen LogP contribution in [0.2, 0.25) is 39.3 Å². The molecule has 2 unspecified atom stereocenters. The Kier molecular flexibility index (Phi) is 7.69. The van der Waals surface area contributed by atoms with Gasteiger partial charge in [-0.05, 0) is 113 Å². The molecule has 5 rings (SSSR count). The molecule has 1 aromatic carbocycles. The zero-order chi connectivity index (χ0) is 27.3. The maximum Gasteiger partial charge on any atom is 0.184 e. The molecule has 4 aliphatic rings. The molecule has 1 aromatic rings. The van der Waals surface area contributed by atoms with Gasteiger partial charge in [0, 0.05) is 17.6 Å². The first-order valence-electron chi connectivity index (χ1n) is 15.1. The summed E-state index contributed by atoms with van der Waals surface area (Å²) in [7, 11) is -3.28. The summed E-state index contributed by atoms with van der Waals surface area (Å²) in [6.07, 6.45) is 11.4. The minimum atomic E-state index is -1.73. The van der Waals surface area contributed by atoms with E-state index in [1.165, 1.54) is 37.0 Å². The van der Waals surface area contributed by atoms with Crippen LogP contribution >= 0.6 is 0 Å². The lowest BCUT2D eigenvalue weighted by atomic mass is 9.47. The van der Waals surface area contributed by atoms with Crippen LogP contribution in [0, 0.1) is 28.6 Å². The van der Waals surface area contributed by atoms with Gasteiger partial charge in [0.15, 0.2) is 16.6 Å². The lowest BCUT2D eigenvalue weighted by Gasteiger charge is -2.60. The van der Waals surface area contributed by atoms with Gasteiger partial charge < -0.3 is 13.7 Å². The lowest BCUT2D eigenvalue weighted by Crippen LogP contribution is -2.58. The highest BCUT2D eigenvalue weighted by Crippen LogP contribution is 2.65. The zero-order valence-corrected chi connectivity index (χ0v) is 27.2. The van der Waals surface area contributed by atoms with E-state index in [0.29, 0.717) is 30.5 Å². The summed E-state index contributed by atoms with van der Waals surface area (Å²) >= 11 is 0. The first-order valence-corrected chi connectivity index (χ1v) is 21.9.